The molecule has 0 aliphatic rings. The second kappa shape index (κ2) is 10.6. The fourth-order valence-electron chi connectivity index (χ4n) is 2.38. The number of halogens is 1. The molecule has 0 aliphatic carbocycles. The lowest BCUT2D eigenvalue weighted by Crippen LogP contribution is -2.40. The Balaban J connectivity index is 0.00000288. The smallest absolute Gasteiger partial charge is 0.193 e. The van der Waals surface area contributed by atoms with Gasteiger partial charge in [0.15, 0.2) is 5.96 Å². The highest BCUT2D eigenvalue weighted by molar-refractivity contribution is 14.0. The first-order chi connectivity index (χ1) is 11.1. The van der Waals surface area contributed by atoms with Crippen LogP contribution in [0.25, 0.3) is 0 Å². The lowest BCUT2D eigenvalue weighted by molar-refractivity contribution is 0.414. The first-order valence-electron chi connectivity index (χ1n) is 7.71. The zero-order valence-electron chi connectivity index (χ0n) is 14.7. The van der Waals surface area contributed by atoms with Crippen molar-refractivity contribution in [1.29, 1.82) is 0 Å². The molecule has 0 saturated heterocycles. The molecule has 4 nitrogen and oxygen atoms in total. The van der Waals surface area contributed by atoms with Crippen LogP contribution in [-0.4, -0.2) is 38.6 Å². The Kier molecular flexibility index (Phi) is 9.13. The summed E-state index contributed by atoms with van der Waals surface area (Å²) in [7, 11) is 5.55. The van der Waals surface area contributed by atoms with Gasteiger partial charge in [-0.1, -0.05) is 19.1 Å². The molecule has 0 radical (unpaired) electrons. The fraction of sp³-hybridized carbons (Fsp3) is 0.389. The third-order valence-corrected chi connectivity index (χ3v) is 4.53. The van der Waals surface area contributed by atoms with Gasteiger partial charge in [-0.3, -0.25) is 4.99 Å². The minimum absolute atomic E-state index is 0. The SMILES string of the molecule is CN=C(NCC(C)c1ccsc1)N(C)Cc1ccc(OC)cc1.I. The maximum atomic E-state index is 5.19. The molecule has 0 saturated carbocycles. The second-order valence-electron chi connectivity index (χ2n) is 5.59. The molecule has 1 aromatic carbocycles. The van der Waals surface area contributed by atoms with Crippen LogP contribution in [0.3, 0.4) is 0 Å². The topological polar surface area (TPSA) is 36.9 Å². The minimum atomic E-state index is 0. The number of rotatable bonds is 6. The maximum Gasteiger partial charge on any atom is 0.193 e. The van der Waals surface area contributed by atoms with Crippen molar-refractivity contribution in [3.8, 4) is 5.75 Å². The summed E-state index contributed by atoms with van der Waals surface area (Å²) in [6.45, 7) is 3.90. The Labute approximate surface area is 166 Å². The van der Waals surface area contributed by atoms with E-state index in [2.05, 4.69) is 58.1 Å². The highest BCUT2D eigenvalue weighted by Crippen LogP contribution is 2.17. The summed E-state index contributed by atoms with van der Waals surface area (Å²) in [6, 6.07) is 10.3. The number of nitrogens with zero attached hydrogens (tertiary/aromatic N) is 2. The molecule has 2 rings (SSSR count). The van der Waals surface area contributed by atoms with E-state index in [1.54, 1.807) is 18.4 Å². The molecule has 1 aromatic heterocycles. The van der Waals surface area contributed by atoms with Crippen LogP contribution in [0.15, 0.2) is 46.1 Å². The van der Waals surface area contributed by atoms with Gasteiger partial charge >= 0.3 is 0 Å². The van der Waals surface area contributed by atoms with E-state index in [4.69, 9.17) is 4.74 Å². The molecule has 0 spiro atoms. The molecule has 2 aromatic rings. The lowest BCUT2D eigenvalue weighted by Gasteiger charge is -2.23. The van der Waals surface area contributed by atoms with Crippen LogP contribution in [-0.2, 0) is 6.54 Å². The van der Waals surface area contributed by atoms with Crippen molar-refractivity contribution >= 4 is 41.3 Å². The van der Waals surface area contributed by atoms with Gasteiger partial charge in [0.2, 0.25) is 0 Å². The molecule has 132 valence electrons. The summed E-state index contributed by atoms with van der Waals surface area (Å²) >= 11 is 1.74. The summed E-state index contributed by atoms with van der Waals surface area (Å²) in [4.78, 5) is 6.51. The Bertz CT molecular complexity index is 614. The van der Waals surface area contributed by atoms with Crippen LogP contribution in [0.4, 0.5) is 0 Å². The van der Waals surface area contributed by atoms with Gasteiger partial charge in [0.25, 0.3) is 0 Å². The van der Waals surface area contributed by atoms with Crippen LogP contribution in [0.5, 0.6) is 5.75 Å². The number of hydrogen-bond donors (Lipinski definition) is 1. The third kappa shape index (κ3) is 5.98. The molecule has 0 bridgehead atoms. The maximum absolute atomic E-state index is 5.19. The summed E-state index contributed by atoms with van der Waals surface area (Å²) in [5.74, 6) is 2.25. The van der Waals surface area contributed by atoms with E-state index < -0.39 is 0 Å². The highest BCUT2D eigenvalue weighted by Gasteiger charge is 2.10. The molecule has 6 heteroatoms. The Hall–Kier alpha value is -1.28. The van der Waals surface area contributed by atoms with Gasteiger partial charge in [-0.15, -0.1) is 24.0 Å². The van der Waals surface area contributed by atoms with E-state index in [0.29, 0.717) is 5.92 Å². The monoisotopic (exact) mass is 459 g/mol. The van der Waals surface area contributed by atoms with Crippen molar-refractivity contribution in [2.75, 3.05) is 27.7 Å². The van der Waals surface area contributed by atoms with Crippen LogP contribution in [0, 0.1) is 0 Å². The number of methoxy groups -OCH3 is 1. The number of nitrogens with one attached hydrogen (secondary N) is 1. The van der Waals surface area contributed by atoms with E-state index in [1.165, 1.54) is 11.1 Å². The molecule has 0 amide bonds. The molecule has 1 atom stereocenters. The zero-order valence-corrected chi connectivity index (χ0v) is 17.8. The Morgan fingerprint density at radius 2 is 2.00 bits per heavy atom. The second-order valence-corrected chi connectivity index (χ2v) is 6.37. The Morgan fingerprint density at radius 1 is 1.29 bits per heavy atom. The van der Waals surface area contributed by atoms with Gasteiger partial charge in [-0.2, -0.15) is 11.3 Å². The van der Waals surface area contributed by atoms with Crippen molar-refractivity contribution in [2.24, 2.45) is 4.99 Å². The van der Waals surface area contributed by atoms with E-state index in [1.807, 2.05) is 19.2 Å². The molecule has 0 aliphatic heterocycles. The number of benzene rings is 1. The molecular weight excluding hydrogens is 433 g/mol. The number of hydrogen-bond acceptors (Lipinski definition) is 3. The molecule has 1 unspecified atom stereocenters. The normalized spacial score (nSPS) is 12.2. The van der Waals surface area contributed by atoms with Crippen molar-refractivity contribution in [1.82, 2.24) is 10.2 Å². The molecule has 24 heavy (non-hydrogen) atoms. The summed E-state index contributed by atoms with van der Waals surface area (Å²) in [5.41, 5.74) is 2.60. The quantitative estimate of drug-likeness (QED) is 0.400. The minimum Gasteiger partial charge on any atom is -0.497 e. The molecular formula is C18H26IN3OS. The first-order valence-corrected chi connectivity index (χ1v) is 8.65. The van der Waals surface area contributed by atoms with Gasteiger partial charge in [0.1, 0.15) is 5.75 Å². The number of aliphatic imine (C=N–C) groups is 1. The van der Waals surface area contributed by atoms with Crippen LogP contribution < -0.4 is 10.1 Å². The van der Waals surface area contributed by atoms with Crippen LogP contribution in [0.1, 0.15) is 24.0 Å². The van der Waals surface area contributed by atoms with E-state index in [0.717, 1.165) is 24.8 Å². The summed E-state index contributed by atoms with van der Waals surface area (Å²) < 4.78 is 5.19. The van der Waals surface area contributed by atoms with Crippen molar-refractivity contribution in [3.05, 3.63) is 52.2 Å². The number of guanidine groups is 1. The van der Waals surface area contributed by atoms with E-state index >= 15 is 0 Å². The standard InChI is InChI=1S/C18H25N3OS.HI/c1-14(16-9-10-23-13-16)11-20-18(19-2)21(3)12-15-5-7-17(22-4)8-6-15;/h5-10,13-14H,11-12H2,1-4H3,(H,19,20);1H. The summed E-state index contributed by atoms with van der Waals surface area (Å²) in [6.07, 6.45) is 0. The predicted octanol–water partition coefficient (Wildman–Crippen LogP) is 4.19. The van der Waals surface area contributed by atoms with Crippen molar-refractivity contribution < 1.29 is 4.74 Å². The molecule has 0 fully saturated rings. The van der Waals surface area contributed by atoms with Gasteiger partial charge in [-0.25, -0.2) is 0 Å². The Morgan fingerprint density at radius 3 is 2.54 bits per heavy atom. The summed E-state index contributed by atoms with van der Waals surface area (Å²) in [5, 5.41) is 7.78. The van der Waals surface area contributed by atoms with Crippen molar-refractivity contribution in [3.63, 3.8) is 0 Å². The highest BCUT2D eigenvalue weighted by atomic mass is 127. The van der Waals surface area contributed by atoms with E-state index in [-0.39, 0.29) is 24.0 Å². The average molecular weight is 459 g/mol. The molecule has 1 N–H and O–H groups in total. The van der Waals surface area contributed by atoms with Crippen molar-refractivity contribution in [2.45, 2.75) is 19.4 Å². The van der Waals surface area contributed by atoms with Crippen LogP contribution in [0.2, 0.25) is 0 Å². The number of ether oxygens (including phenoxy) is 1. The largest absolute Gasteiger partial charge is 0.497 e. The van der Waals surface area contributed by atoms with Gasteiger partial charge < -0.3 is 15.0 Å². The zero-order chi connectivity index (χ0) is 16.7. The molecule has 1 heterocycles. The van der Waals surface area contributed by atoms with Crippen LogP contribution >= 0.6 is 35.3 Å². The van der Waals surface area contributed by atoms with Gasteiger partial charge in [0, 0.05) is 27.2 Å². The first kappa shape index (κ1) is 20.8. The predicted molar refractivity (Wildman–Crippen MR) is 114 cm³/mol. The number of thiophene rings is 1. The third-order valence-electron chi connectivity index (χ3n) is 3.83. The fourth-order valence-corrected chi connectivity index (χ4v) is 3.16. The van der Waals surface area contributed by atoms with E-state index in [9.17, 15) is 0 Å². The van der Waals surface area contributed by atoms with Gasteiger partial charge in [-0.05, 0) is 46.0 Å². The van der Waals surface area contributed by atoms with Gasteiger partial charge in [0.05, 0.1) is 7.11 Å². The lowest BCUT2D eigenvalue weighted by atomic mass is 10.1. The average Bonchev–Trinajstić information content (AvgIpc) is 3.10.